The van der Waals surface area contributed by atoms with E-state index in [2.05, 4.69) is 12.2 Å². The van der Waals surface area contributed by atoms with Crippen LogP contribution in [0.15, 0.2) is 0 Å². The van der Waals surface area contributed by atoms with Gasteiger partial charge in [-0.1, -0.05) is 6.92 Å². The molecule has 4 heteroatoms. The van der Waals surface area contributed by atoms with Gasteiger partial charge in [0.25, 0.3) is 0 Å². The third kappa shape index (κ3) is 1.90. The van der Waals surface area contributed by atoms with E-state index >= 15 is 0 Å². The first-order valence-corrected chi connectivity index (χ1v) is 6.08. The van der Waals surface area contributed by atoms with E-state index in [0.717, 1.165) is 26.1 Å². The first-order chi connectivity index (χ1) is 7.36. The number of carbonyl (C=O) groups is 1. The maximum atomic E-state index is 11.7. The zero-order chi connectivity index (χ0) is 12.0. The van der Waals surface area contributed by atoms with Crippen LogP contribution >= 0.6 is 0 Å². The lowest BCUT2D eigenvalue weighted by Crippen LogP contribution is -2.77. The summed E-state index contributed by atoms with van der Waals surface area (Å²) in [4.78, 5) is 13.6. The van der Waals surface area contributed by atoms with Crippen molar-refractivity contribution in [2.75, 3.05) is 19.6 Å². The summed E-state index contributed by atoms with van der Waals surface area (Å²) in [5.74, 6) is 0. The Morgan fingerprint density at radius 3 is 2.50 bits per heavy atom. The maximum Gasteiger partial charge on any atom is 0.410 e. The minimum absolute atomic E-state index is 0.167. The summed E-state index contributed by atoms with van der Waals surface area (Å²) < 4.78 is 5.34. The van der Waals surface area contributed by atoms with Gasteiger partial charge in [-0.3, -0.25) is 0 Å². The number of hydrogen-bond acceptors (Lipinski definition) is 3. The van der Waals surface area contributed by atoms with Crippen LogP contribution < -0.4 is 5.32 Å². The molecule has 0 aromatic rings. The molecule has 0 radical (unpaired) electrons. The van der Waals surface area contributed by atoms with Crippen LogP contribution in [0.5, 0.6) is 0 Å². The Labute approximate surface area is 97.3 Å². The normalized spacial score (nSPS) is 27.2. The van der Waals surface area contributed by atoms with Crippen LogP contribution in [-0.4, -0.2) is 42.3 Å². The highest BCUT2D eigenvalue weighted by atomic mass is 16.6. The second-order valence-corrected chi connectivity index (χ2v) is 6.04. The summed E-state index contributed by atoms with van der Waals surface area (Å²) in [5.41, 5.74) is -0.0342. The van der Waals surface area contributed by atoms with Gasteiger partial charge in [0.05, 0.1) is 0 Å². The molecule has 2 fully saturated rings. The lowest BCUT2D eigenvalue weighted by Gasteiger charge is -2.60. The lowest BCUT2D eigenvalue weighted by atomic mass is 9.67. The Morgan fingerprint density at radius 1 is 1.50 bits per heavy atom. The molecule has 92 valence electrons. The van der Waals surface area contributed by atoms with Gasteiger partial charge in [-0.2, -0.15) is 0 Å². The van der Waals surface area contributed by atoms with E-state index in [4.69, 9.17) is 4.74 Å². The van der Waals surface area contributed by atoms with Gasteiger partial charge in [0, 0.05) is 31.1 Å². The largest absolute Gasteiger partial charge is 0.444 e. The Bertz CT molecular complexity index is 288. The fourth-order valence-electron chi connectivity index (χ4n) is 2.61. The highest BCUT2D eigenvalue weighted by Gasteiger charge is 2.55. The van der Waals surface area contributed by atoms with Crippen LogP contribution in [0.2, 0.25) is 0 Å². The molecule has 0 aromatic heterocycles. The summed E-state index contributed by atoms with van der Waals surface area (Å²) in [5, 5.41) is 3.42. The fraction of sp³-hybridized carbons (Fsp3) is 0.917. The Kier molecular flexibility index (Phi) is 2.65. The molecule has 0 aromatic carbocycles. The van der Waals surface area contributed by atoms with E-state index in [1.54, 1.807) is 0 Å². The van der Waals surface area contributed by atoms with Crippen LogP contribution in [0.25, 0.3) is 0 Å². The minimum atomic E-state index is -0.387. The summed E-state index contributed by atoms with van der Waals surface area (Å²) in [6, 6.07) is 0.589. The van der Waals surface area contributed by atoms with Crippen molar-refractivity contribution >= 4 is 6.09 Å². The van der Waals surface area contributed by atoms with E-state index in [0.29, 0.717) is 11.5 Å². The van der Waals surface area contributed by atoms with Crippen LogP contribution in [0.1, 0.15) is 34.1 Å². The summed E-state index contributed by atoms with van der Waals surface area (Å²) in [7, 11) is 0. The van der Waals surface area contributed by atoms with Crippen molar-refractivity contribution in [2.45, 2.75) is 45.8 Å². The number of hydrogen-bond donors (Lipinski definition) is 1. The summed E-state index contributed by atoms with van der Waals surface area (Å²) in [6.45, 7) is 10.7. The number of nitrogens with zero attached hydrogens (tertiary/aromatic N) is 1. The van der Waals surface area contributed by atoms with Gasteiger partial charge in [0.15, 0.2) is 0 Å². The predicted molar refractivity (Wildman–Crippen MR) is 62.3 cm³/mol. The topological polar surface area (TPSA) is 41.6 Å². The van der Waals surface area contributed by atoms with Crippen LogP contribution in [0.3, 0.4) is 0 Å². The predicted octanol–water partition coefficient (Wildman–Crippen LogP) is 1.61. The highest BCUT2D eigenvalue weighted by Crippen LogP contribution is 2.41. The van der Waals surface area contributed by atoms with Gasteiger partial charge in [-0.25, -0.2) is 4.79 Å². The fourth-order valence-corrected chi connectivity index (χ4v) is 2.61. The van der Waals surface area contributed by atoms with Gasteiger partial charge >= 0.3 is 6.09 Å². The molecule has 4 nitrogen and oxygen atoms in total. The molecule has 0 saturated carbocycles. The van der Waals surface area contributed by atoms with Crippen molar-refractivity contribution in [3.63, 3.8) is 0 Å². The highest BCUT2D eigenvalue weighted by molar-refractivity contribution is 5.69. The SMILES string of the molecule is CC[C@H]1NCC12CN(C(=O)OC(C)(C)C)C2. The minimum Gasteiger partial charge on any atom is -0.444 e. The van der Waals surface area contributed by atoms with Gasteiger partial charge in [-0.05, 0) is 27.2 Å². The number of likely N-dealkylation sites (tertiary alicyclic amines) is 1. The summed E-state index contributed by atoms with van der Waals surface area (Å²) >= 11 is 0. The molecule has 2 aliphatic rings. The van der Waals surface area contributed by atoms with Crippen LogP contribution in [0, 0.1) is 5.41 Å². The molecular weight excluding hydrogens is 204 g/mol. The molecule has 0 bridgehead atoms. The van der Waals surface area contributed by atoms with Crippen molar-refractivity contribution in [3.8, 4) is 0 Å². The molecule has 1 atom stereocenters. The molecule has 0 unspecified atom stereocenters. The Morgan fingerprint density at radius 2 is 2.12 bits per heavy atom. The summed E-state index contributed by atoms with van der Waals surface area (Å²) in [6.07, 6.45) is 0.974. The van der Waals surface area contributed by atoms with Gasteiger partial charge in [-0.15, -0.1) is 0 Å². The standard InChI is InChI=1S/C12H22N2O2/c1-5-9-12(6-13-9)7-14(8-12)10(15)16-11(2,3)4/h9,13H,5-8H2,1-4H3/t9-/m1/s1. The number of amides is 1. The molecule has 1 spiro atoms. The zero-order valence-corrected chi connectivity index (χ0v) is 10.7. The molecule has 2 aliphatic heterocycles. The van der Waals surface area contributed by atoms with Crippen molar-refractivity contribution in [2.24, 2.45) is 5.41 Å². The quantitative estimate of drug-likeness (QED) is 0.738. The van der Waals surface area contributed by atoms with Crippen molar-refractivity contribution < 1.29 is 9.53 Å². The third-order valence-corrected chi connectivity index (χ3v) is 3.51. The number of rotatable bonds is 1. The second kappa shape index (κ2) is 3.62. The van der Waals surface area contributed by atoms with E-state index in [9.17, 15) is 4.79 Å². The van der Waals surface area contributed by atoms with Gasteiger partial charge in [0.1, 0.15) is 5.60 Å². The van der Waals surface area contributed by atoms with E-state index < -0.39 is 0 Å². The van der Waals surface area contributed by atoms with Crippen molar-refractivity contribution in [1.29, 1.82) is 0 Å². The molecule has 16 heavy (non-hydrogen) atoms. The number of carbonyl (C=O) groups excluding carboxylic acids is 1. The third-order valence-electron chi connectivity index (χ3n) is 3.51. The maximum absolute atomic E-state index is 11.7. The molecular formula is C12H22N2O2. The number of nitrogens with one attached hydrogen (secondary N) is 1. The Balaban J connectivity index is 1.82. The molecule has 2 saturated heterocycles. The number of ether oxygens (including phenoxy) is 1. The Hall–Kier alpha value is -0.770. The van der Waals surface area contributed by atoms with E-state index in [-0.39, 0.29) is 11.7 Å². The average Bonchev–Trinajstić information content (AvgIpc) is 1.96. The van der Waals surface area contributed by atoms with Gasteiger partial charge in [0.2, 0.25) is 0 Å². The smallest absolute Gasteiger partial charge is 0.410 e. The van der Waals surface area contributed by atoms with E-state index in [1.807, 2.05) is 25.7 Å². The second-order valence-electron chi connectivity index (χ2n) is 6.04. The van der Waals surface area contributed by atoms with Crippen molar-refractivity contribution in [3.05, 3.63) is 0 Å². The van der Waals surface area contributed by atoms with Crippen LogP contribution in [-0.2, 0) is 4.74 Å². The first-order valence-electron chi connectivity index (χ1n) is 6.08. The monoisotopic (exact) mass is 226 g/mol. The van der Waals surface area contributed by atoms with Crippen LogP contribution in [0.4, 0.5) is 4.79 Å². The molecule has 1 N–H and O–H groups in total. The average molecular weight is 226 g/mol. The van der Waals surface area contributed by atoms with Gasteiger partial charge < -0.3 is 15.0 Å². The molecule has 2 heterocycles. The molecule has 1 amide bonds. The molecule has 0 aliphatic carbocycles. The molecule has 2 rings (SSSR count). The van der Waals surface area contributed by atoms with Crippen molar-refractivity contribution in [1.82, 2.24) is 10.2 Å². The lowest BCUT2D eigenvalue weighted by molar-refractivity contribution is -0.0846. The zero-order valence-electron chi connectivity index (χ0n) is 10.7. The first kappa shape index (κ1) is 11.7. The van der Waals surface area contributed by atoms with E-state index in [1.165, 1.54) is 0 Å².